The summed E-state index contributed by atoms with van der Waals surface area (Å²) in [6.45, 7) is 5.08. The Labute approximate surface area is 108 Å². The molecule has 0 fully saturated rings. The minimum Gasteiger partial charge on any atom is -0.480 e. The van der Waals surface area contributed by atoms with Gasteiger partial charge in [0.15, 0.2) is 0 Å². The second-order valence-corrected chi connectivity index (χ2v) is 4.55. The molecule has 0 spiro atoms. The van der Waals surface area contributed by atoms with Gasteiger partial charge in [0.25, 0.3) is 0 Å². The van der Waals surface area contributed by atoms with Crippen molar-refractivity contribution in [2.75, 3.05) is 33.7 Å². The minimum absolute atomic E-state index is 0.0583. The summed E-state index contributed by atoms with van der Waals surface area (Å²) in [6.07, 6.45) is 1.75. The third-order valence-electron chi connectivity index (χ3n) is 2.71. The first kappa shape index (κ1) is 14.7. The van der Waals surface area contributed by atoms with E-state index >= 15 is 0 Å². The molecule has 1 aromatic heterocycles. The molecule has 0 saturated carbocycles. The lowest BCUT2D eigenvalue weighted by Crippen LogP contribution is -2.35. The summed E-state index contributed by atoms with van der Waals surface area (Å²) in [5, 5.41) is 13.1. The second-order valence-electron chi connectivity index (χ2n) is 4.55. The number of hydrogen-bond donors (Lipinski definition) is 1. The van der Waals surface area contributed by atoms with Crippen LogP contribution in [0.25, 0.3) is 0 Å². The quantitative estimate of drug-likeness (QED) is 0.725. The lowest BCUT2D eigenvalue weighted by Gasteiger charge is -2.22. The molecule has 0 unspecified atom stereocenters. The average molecular weight is 254 g/mol. The summed E-state index contributed by atoms with van der Waals surface area (Å²) in [6, 6.07) is 1.94. The molecule has 18 heavy (non-hydrogen) atoms. The number of hydrogen-bond acceptors (Lipinski definition) is 4. The average Bonchev–Trinajstić information content (AvgIpc) is 2.72. The molecule has 6 heteroatoms. The van der Waals surface area contributed by atoms with Crippen LogP contribution in [0.3, 0.4) is 0 Å². The van der Waals surface area contributed by atoms with Crippen molar-refractivity contribution >= 4 is 5.97 Å². The molecule has 6 nitrogen and oxygen atoms in total. The van der Waals surface area contributed by atoms with Gasteiger partial charge in [0.2, 0.25) is 0 Å². The van der Waals surface area contributed by atoms with Gasteiger partial charge < -0.3 is 10.0 Å². The van der Waals surface area contributed by atoms with Gasteiger partial charge in [0.1, 0.15) is 0 Å². The number of carbonyl (C=O) groups is 1. The molecule has 0 aromatic carbocycles. The van der Waals surface area contributed by atoms with E-state index in [0.717, 1.165) is 25.3 Å². The van der Waals surface area contributed by atoms with Gasteiger partial charge in [-0.05, 0) is 27.1 Å². The molecule has 0 aliphatic carbocycles. The Balaban J connectivity index is 2.62. The molecule has 0 aliphatic heterocycles. The Bertz CT molecular complexity index is 376. The van der Waals surface area contributed by atoms with Gasteiger partial charge in [-0.2, -0.15) is 5.10 Å². The van der Waals surface area contributed by atoms with Crippen molar-refractivity contribution in [3.8, 4) is 0 Å². The summed E-state index contributed by atoms with van der Waals surface area (Å²) in [5.41, 5.74) is 1.05. The molecule has 1 N–H and O–H groups in total. The highest BCUT2D eigenvalue weighted by atomic mass is 16.4. The third-order valence-corrected chi connectivity index (χ3v) is 2.71. The highest BCUT2D eigenvalue weighted by Gasteiger charge is 2.12. The van der Waals surface area contributed by atoms with Gasteiger partial charge >= 0.3 is 5.97 Å². The largest absolute Gasteiger partial charge is 0.480 e. The lowest BCUT2D eigenvalue weighted by atomic mass is 10.3. The topological polar surface area (TPSA) is 61.6 Å². The Morgan fingerprint density at radius 3 is 2.72 bits per heavy atom. The molecular formula is C12H22N4O2. The zero-order valence-electron chi connectivity index (χ0n) is 11.3. The highest BCUT2D eigenvalue weighted by molar-refractivity contribution is 5.69. The molecule has 0 atom stereocenters. The third kappa shape index (κ3) is 4.85. The summed E-state index contributed by atoms with van der Waals surface area (Å²) in [5.74, 6) is -0.795. The van der Waals surface area contributed by atoms with E-state index < -0.39 is 5.97 Å². The number of rotatable bonds is 8. The van der Waals surface area contributed by atoms with Crippen molar-refractivity contribution < 1.29 is 9.90 Å². The van der Waals surface area contributed by atoms with E-state index in [1.54, 1.807) is 6.20 Å². The van der Waals surface area contributed by atoms with Gasteiger partial charge in [-0.3, -0.25) is 14.4 Å². The van der Waals surface area contributed by atoms with Crippen molar-refractivity contribution in [3.63, 3.8) is 0 Å². The molecular weight excluding hydrogens is 232 g/mol. The van der Waals surface area contributed by atoms with E-state index in [2.05, 4.69) is 5.10 Å². The number of nitrogens with zero attached hydrogens (tertiary/aromatic N) is 4. The van der Waals surface area contributed by atoms with Crippen LogP contribution in [0.2, 0.25) is 0 Å². The molecule has 0 aliphatic rings. The van der Waals surface area contributed by atoms with Crippen molar-refractivity contribution in [1.82, 2.24) is 19.6 Å². The minimum atomic E-state index is -0.795. The van der Waals surface area contributed by atoms with Crippen LogP contribution in [-0.2, 0) is 17.9 Å². The number of aliphatic carboxylic acids is 1. The van der Waals surface area contributed by atoms with Gasteiger partial charge in [-0.15, -0.1) is 0 Å². The number of aryl methyl sites for hydroxylation is 1. The van der Waals surface area contributed by atoms with E-state index in [1.165, 1.54) is 0 Å². The molecule has 0 bridgehead atoms. The van der Waals surface area contributed by atoms with Crippen LogP contribution in [-0.4, -0.2) is 64.4 Å². The van der Waals surface area contributed by atoms with Crippen LogP contribution < -0.4 is 0 Å². The fourth-order valence-corrected chi connectivity index (χ4v) is 1.75. The van der Waals surface area contributed by atoms with Gasteiger partial charge in [-0.1, -0.05) is 0 Å². The Kier molecular flexibility index (Phi) is 5.80. The first-order valence-electron chi connectivity index (χ1n) is 6.12. The van der Waals surface area contributed by atoms with Crippen molar-refractivity contribution in [2.24, 2.45) is 0 Å². The molecule has 1 rings (SSSR count). The molecule has 1 heterocycles. The van der Waals surface area contributed by atoms with Crippen LogP contribution >= 0.6 is 0 Å². The fraction of sp³-hybridized carbons (Fsp3) is 0.667. The summed E-state index contributed by atoms with van der Waals surface area (Å²) < 4.78 is 1.89. The van der Waals surface area contributed by atoms with E-state index in [4.69, 9.17) is 5.11 Å². The van der Waals surface area contributed by atoms with E-state index in [-0.39, 0.29) is 6.54 Å². The Hall–Kier alpha value is -1.40. The fourth-order valence-electron chi connectivity index (χ4n) is 1.75. The Morgan fingerprint density at radius 2 is 2.17 bits per heavy atom. The van der Waals surface area contributed by atoms with E-state index in [1.807, 2.05) is 41.6 Å². The Morgan fingerprint density at radius 1 is 1.44 bits per heavy atom. The van der Waals surface area contributed by atoms with E-state index in [0.29, 0.717) is 6.54 Å². The first-order chi connectivity index (χ1) is 8.52. The van der Waals surface area contributed by atoms with Crippen LogP contribution in [0, 0.1) is 0 Å². The number of carboxylic acids is 1. The molecule has 1 aromatic rings. The molecule has 0 amide bonds. The summed E-state index contributed by atoms with van der Waals surface area (Å²) >= 11 is 0. The monoisotopic (exact) mass is 254 g/mol. The van der Waals surface area contributed by atoms with Crippen LogP contribution in [0.1, 0.15) is 12.6 Å². The summed E-state index contributed by atoms with van der Waals surface area (Å²) in [4.78, 5) is 14.8. The molecule has 0 saturated heterocycles. The number of likely N-dealkylation sites (N-methyl/N-ethyl adjacent to an activating group) is 1. The first-order valence-corrected chi connectivity index (χ1v) is 6.12. The molecule has 0 radical (unpaired) electrons. The highest BCUT2D eigenvalue weighted by Crippen LogP contribution is 2.04. The van der Waals surface area contributed by atoms with E-state index in [9.17, 15) is 4.79 Å². The zero-order valence-corrected chi connectivity index (χ0v) is 11.3. The molecule has 102 valence electrons. The van der Waals surface area contributed by atoms with Crippen LogP contribution in [0.5, 0.6) is 0 Å². The lowest BCUT2D eigenvalue weighted by molar-refractivity contribution is -0.138. The number of aromatic nitrogens is 2. The van der Waals surface area contributed by atoms with Gasteiger partial charge in [0.05, 0.1) is 12.2 Å². The van der Waals surface area contributed by atoms with Crippen molar-refractivity contribution in [2.45, 2.75) is 20.0 Å². The SMILES string of the molecule is CCn1nccc1CN(CCN(C)C)CC(=O)O. The maximum absolute atomic E-state index is 10.9. The van der Waals surface area contributed by atoms with Gasteiger partial charge in [0, 0.05) is 32.4 Å². The maximum atomic E-state index is 10.9. The second kappa shape index (κ2) is 7.13. The predicted octanol–water partition coefficient (Wildman–Crippen LogP) is 0.351. The van der Waals surface area contributed by atoms with Crippen molar-refractivity contribution in [1.29, 1.82) is 0 Å². The number of carboxylic acid groups (broad SMARTS) is 1. The zero-order chi connectivity index (χ0) is 13.5. The van der Waals surface area contributed by atoms with Crippen LogP contribution in [0.4, 0.5) is 0 Å². The van der Waals surface area contributed by atoms with Crippen LogP contribution in [0.15, 0.2) is 12.3 Å². The predicted molar refractivity (Wildman–Crippen MR) is 69.4 cm³/mol. The summed E-state index contributed by atoms with van der Waals surface area (Å²) in [7, 11) is 3.96. The van der Waals surface area contributed by atoms with Gasteiger partial charge in [-0.25, -0.2) is 0 Å². The maximum Gasteiger partial charge on any atom is 0.317 e. The standard InChI is InChI=1S/C12H22N4O2/c1-4-16-11(5-6-13-16)9-15(10-12(17)18)8-7-14(2)3/h5-6H,4,7-10H2,1-3H3,(H,17,18). The smallest absolute Gasteiger partial charge is 0.317 e. The van der Waals surface area contributed by atoms with Crippen molar-refractivity contribution in [3.05, 3.63) is 18.0 Å². The normalized spacial score (nSPS) is 11.4.